The predicted octanol–water partition coefficient (Wildman–Crippen LogP) is 3.01. The van der Waals surface area contributed by atoms with Gasteiger partial charge in [0.05, 0.1) is 24.1 Å². The Balaban J connectivity index is 1.37. The molecule has 0 atom stereocenters. The summed E-state index contributed by atoms with van der Waals surface area (Å²) in [6.07, 6.45) is 1.23. The first-order valence-corrected chi connectivity index (χ1v) is 9.29. The van der Waals surface area contributed by atoms with Gasteiger partial charge >= 0.3 is 6.03 Å². The monoisotopic (exact) mass is 390 g/mol. The van der Waals surface area contributed by atoms with E-state index in [0.717, 1.165) is 24.5 Å². The minimum Gasteiger partial charge on any atom is -0.489 e. The number of benzene rings is 1. The second-order valence-electron chi connectivity index (χ2n) is 6.63. The third kappa shape index (κ3) is 3.99. The summed E-state index contributed by atoms with van der Waals surface area (Å²) in [5, 5.41) is 0.589. The van der Waals surface area contributed by atoms with Crippen LogP contribution >= 0.6 is 11.6 Å². The van der Waals surface area contributed by atoms with Gasteiger partial charge in [-0.15, -0.1) is 0 Å². The fourth-order valence-electron chi connectivity index (χ4n) is 3.39. The van der Waals surface area contributed by atoms with Crippen molar-refractivity contribution in [1.29, 1.82) is 0 Å². The second-order valence-corrected chi connectivity index (χ2v) is 7.06. The Morgan fingerprint density at radius 3 is 2.70 bits per heavy atom. The summed E-state index contributed by atoms with van der Waals surface area (Å²) in [4.78, 5) is 22.9. The fourth-order valence-corrected chi connectivity index (χ4v) is 3.55. The summed E-state index contributed by atoms with van der Waals surface area (Å²) in [5.41, 5.74) is 1.59. The minimum absolute atomic E-state index is 0.0126. The van der Waals surface area contributed by atoms with Crippen molar-refractivity contribution in [2.75, 3.05) is 44.2 Å². The molecule has 6 nitrogen and oxygen atoms in total. The van der Waals surface area contributed by atoms with Gasteiger partial charge in [0.15, 0.2) is 0 Å². The van der Waals surface area contributed by atoms with Crippen molar-refractivity contribution in [2.45, 2.75) is 6.54 Å². The van der Waals surface area contributed by atoms with Crippen LogP contribution in [0.25, 0.3) is 0 Å². The number of hydrogen-bond acceptors (Lipinski definition) is 4. The summed E-state index contributed by atoms with van der Waals surface area (Å²) in [6.45, 7) is 4.41. The highest BCUT2D eigenvalue weighted by Crippen LogP contribution is 2.34. The molecule has 1 fully saturated rings. The van der Waals surface area contributed by atoms with Crippen LogP contribution in [0.5, 0.6) is 5.75 Å². The van der Waals surface area contributed by atoms with E-state index in [0.29, 0.717) is 43.6 Å². The molecule has 2 aromatic rings. The topological polar surface area (TPSA) is 48.9 Å². The number of piperazine rings is 1. The third-order valence-electron chi connectivity index (χ3n) is 4.83. The van der Waals surface area contributed by atoms with Gasteiger partial charge in [0.1, 0.15) is 18.2 Å². The van der Waals surface area contributed by atoms with Crippen molar-refractivity contribution >= 4 is 23.3 Å². The number of amides is 2. The smallest absolute Gasteiger partial charge is 0.324 e. The molecule has 1 saturated heterocycles. The highest BCUT2D eigenvalue weighted by Gasteiger charge is 2.30. The lowest BCUT2D eigenvalue weighted by Gasteiger charge is -2.38. The Bertz CT molecular complexity index is 825. The van der Waals surface area contributed by atoms with Crippen molar-refractivity contribution in [1.82, 2.24) is 14.8 Å². The number of halogens is 2. The molecule has 0 N–H and O–H groups in total. The zero-order chi connectivity index (χ0) is 18.8. The summed E-state index contributed by atoms with van der Waals surface area (Å²) in [5.74, 6) is 0.310. The maximum atomic E-state index is 13.0. The molecule has 1 aromatic heterocycles. The van der Waals surface area contributed by atoms with Gasteiger partial charge in [-0.1, -0.05) is 11.6 Å². The van der Waals surface area contributed by atoms with E-state index in [1.54, 1.807) is 23.1 Å². The number of aromatic nitrogens is 1. The Morgan fingerprint density at radius 2 is 1.96 bits per heavy atom. The number of anilines is 1. The van der Waals surface area contributed by atoms with Gasteiger partial charge in [0.2, 0.25) is 0 Å². The largest absolute Gasteiger partial charge is 0.489 e. The molecular weight excluding hydrogens is 371 g/mol. The number of fused-ring (bicyclic) bond motifs is 1. The molecule has 8 heteroatoms. The lowest BCUT2D eigenvalue weighted by atomic mass is 10.2. The minimum atomic E-state index is -0.332. The first kappa shape index (κ1) is 18.0. The molecule has 4 rings (SSSR count). The SMILES string of the molecule is O=C(N1CCN(Cc2ccc(F)cn2)CC1)N1CCOc2cc(Cl)ccc21. The Kier molecular flexibility index (Phi) is 5.13. The predicted molar refractivity (Wildman–Crippen MR) is 101 cm³/mol. The Hall–Kier alpha value is -2.38. The molecule has 0 aliphatic carbocycles. The van der Waals surface area contributed by atoms with Gasteiger partial charge in [-0.3, -0.25) is 14.8 Å². The van der Waals surface area contributed by atoms with E-state index in [1.807, 2.05) is 11.0 Å². The molecular formula is C19H20ClFN4O2. The fraction of sp³-hybridized carbons (Fsp3) is 0.368. The molecule has 0 saturated carbocycles. The molecule has 1 aromatic carbocycles. The zero-order valence-corrected chi connectivity index (χ0v) is 15.5. The van der Waals surface area contributed by atoms with E-state index < -0.39 is 0 Å². The van der Waals surface area contributed by atoms with Gasteiger partial charge in [0.25, 0.3) is 0 Å². The average molecular weight is 391 g/mol. The van der Waals surface area contributed by atoms with Crippen molar-refractivity contribution in [3.05, 3.63) is 53.1 Å². The van der Waals surface area contributed by atoms with Crippen molar-refractivity contribution in [3.8, 4) is 5.75 Å². The maximum Gasteiger partial charge on any atom is 0.324 e. The summed E-state index contributed by atoms with van der Waals surface area (Å²) in [7, 11) is 0. The first-order valence-electron chi connectivity index (χ1n) is 8.92. The van der Waals surface area contributed by atoms with Crippen LogP contribution in [-0.4, -0.2) is 60.1 Å². The summed E-state index contributed by atoms with van der Waals surface area (Å²) < 4.78 is 18.6. The molecule has 0 spiro atoms. The van der Waals surface area contributed by atoms with Crippen LogP contribution in [0.3, 0.4) is 0 Å². The quantitative estimate of drug-likeness (QED) is 0.791. The van der Waals surface area contributed by atoms with E-state index in [1.165, 1.54) is 12.3 Å². The maximum absolute atomic E-state index is 13.0. The van der Waals surface area contributed by atoms with E-state index >= 15 is 0 Å². The van der Waals surface area contributed by atoms with Crippen LogP contribution < -0.4 is 9.64 Å². The molecule has 27 heavy (non-hydrogen) atoms. The standard InChI is InChI=1S/C19H20ClFN4O2/c20-14-1-4-17-18(11-14)27-10-9-25(17)19(26)24-7-5-23(6-8-24)13-16-3-2-15(21)12-22-16/h1-4,11-12H,5-10,13H2. The summed E-state index contributed by atoms with van der Waals surface area (Å²) >= 11 is 6.02. The molecule has 0 unspecified atom stereocenters. The normalized spacial score (nSPS) is 17.4. The van der Waals surface area contributed by atoms with Crippen molar-refractivity contribution in [3.63, 3.8) is 0 Å². The highest BCUT2D eigenvalue weighted by molar-refractivity contribution is 6.30. The number of rotatable bonds is 2. The van der Waals surface area contributed by atoms with Crippen molar-refractivity contribution in [2.24, 2.45) is 0 Å². The number of nitrogens with zero attached hydrogens (tertiary/aromatic N) is 4. The number of pyridine rings is 1. The number of carbonyl (C=O) groups excluding carboxylic acids is 1. The summed E-state index contributed by atoms with van der Waals surface area (Å²) in [6, 6.07) is 8.44. The zero-order valence-electron chi connectivity index (χ0n) is 14.8. The molecule has 2 aliphatic rings. The van der Waals surface area contributed by atoms with E-state index in [-0.39, 0.29) is 11.8 Å². The molecule has 3 heterocycles. The lowest BCUT2D eigenvalue weighted by Crippen LogP contribution is -2.54. The van der Waals surface area contributed by atoms with Gasteiger partial charge in [-0.05, 0) is 24.3 Å². The Labute approximate surface area is 162 Å². The molecule has 2 amide bonds. The van der Waals surface area contributed by atoms with E-state index in [9.17, 15) is 9.18 Å². The lowest BCUT2D eigenvalue weighted by molar-refractivity contribution is 0.136. The van der Waals surface area contributed by atoms with Crippen LogP contribution in [0.2, 0.25) is 5.02 Å². The van der Waals surface area contributed by atoms with E-state index in [4.69, 9.17) is 16.3 Å². The van der Waals surface area contributed by atoms with Crippen LogP contribution in [0, 0.1) is 5.82 Å². The highest BCUT2D eigenvalue weighted by atomic mass is 35.5. The van der Waals surface area contributed by atoms with Gasteiger partial charge in [-0.25, -0.2) is 9.18 Å². The van der Waals surface area contributed by atoms with Crippen LogP contribution in [-0.2, 0) is 6.54 Å². The molecule has 0 radical (unpaired) electrons. The second kappa shape index (κ2) is 7.70. The molecule has 142 valence electrons. The van der Waals surface area contributed by atoms with E-state index in [2.05, 4.69) is 9.88 Å². The number of carbonyl (C=O) groups is 1. The van der Waals surface area contributed by atoms with Gasteiger partial charge in [-0.2, -0.15) is 0 Å². The Morgan fingerprint density at radius 1 is 1.15 bits per heavy atom. The van der Waals surface area contributed by atoms with Gasteiger partial charge in [0, 0.05) is 43.8 Å². The van der Waals surface area contributed by atoms with Crippen LogP contribution in [0.15, 0.2) is 36.5 Å². The number of urea groups is 1. The van der Waals surface area contributed by atoms with Crippen molar-refractivity contribution < 1.29 is 13.9 Å². The van der Waals surface area contributed by atoms with Crippen LogP contribution in [0.1, 0.15) is 5.69 Å². The third-order valence-corrected chi connectivity index (χ3v) is 5.07. The number of hydrogen-bond donors (Lipinski definition) is 0. The van der Waals surface area contributed by atoms with Crippen LogP contribution in [0.4, 0.5) is 14.9 Å². The number of ether oxygens (including phenoxy) is 1. The molecule has 0 bridgehead atoms. The molecule has 2 aliphatic heterocycles. The van der Waals surface area contributed by atoms with Gasteiger partial charge < -0.3 is 9.64 Å². The average Bonchev–Trinajstić information content (AvgIpc) is 2.69. The first-order chi connectivity index (χ1) is 13.1.